The van der Waals surface area contributed by atoms with Gasteiger partial charge in [0.1, 0.15) is 36.4 Å². The molecule has 0 radical (unpaired) electrons. The van der Waals surface area contributed by atoms with Gasteiger partial charge in [0.25, 0.3) is 0 Å². The summed E-state index contributed by atoms with van der Waals surface area (Å²) in [4.78, 5) is 23.0. The van der Waals surface area contributed by atoms with Crippen molar-refractivity contribution in [2.24, 2.45) is 0 Å². The number of benzene rings is 2. The van der Waals surface area contributed by atoms with Crippen LogP contribution in [0.25, 0.3) is 34.1 Å². The smallest absolute Gasteiger partial charge is 0.236 e. The molecule has 12 heteroatoms. The van der Waals surface area contributed by atoms with E-state index in [0.29, 0.717) is 30.3 Å². The number of imidazole rings is 2. The molecule has 0 unspecified atom stereocenters. The van der Waals surface area contributed by atoms with Crippen molar-refractivity contribution in [1.29, 1.82) is 0 Å². The molecule has 0 amide bonds. The van der Waals surface area contributed by atoms with Crippen LogP contribution in [0.15, 0.2) is 85.5 Å². The van der Waals surface area contributed by atoms with E-state index in [4.69, 9.17) is 9.47 Å². The predicted octanol–water partition coefficient (Wildman–Crippen LogP) is 6.30. The molecule has 0 spiro atoms. The standard InChI is InChI=1S/C18H19FN4O.C17H17FN4O/c19-8-1-12-24-15-5-3-14(4-6-15)16-13-23-11-7-17(21-18(23)20-16)22-9-2-10-22;18-7-11-23-14-4-2-13(3-5-14)15-12-22-10-6-16(20-17(22)19-15)21-8-1-9-21/h3-7,11,13H,1-2,8-10,12H2;2-6,10,12H,1,7-9,11H2. The molecule has 10 nitrogen and oxygen atoms in total. The molecule has 0 atom stereocenters. The molecule has 2 aliphatic rings. The minimum Gasteiger partial charge on any atom is -0.493 e. The molecule has 0 bridgehead atoms. The minimum absolute atomic E-state index is 0.0803. The van der Waals surface area contributed by atoms with E-state index in [2.05, 4.69) is 29.7 Å². The highest BCUT2D eigenvalue weighted by molar-refractivity contribution is 5.64. The summed E-state index contributed by atoms with van der Waals surface area (Å²) in [6.45, 7) is 3.91. The Morgan fingerprint density at radius 1 is 0.553 bits per heavy atom. The number of fused-ring (bicyclic) bond motifs is 2. The Morgan fingerprint density at radius 2 is 1.02 bits per heavy atom. The third kappa shape index (κ3) is 6.96. The molecular weight excluding hydrogens is 602 g/mol. The molecule has 242 valence electrons. The van der Waals surface area contributed by atoms with E-state index in [1.165, 1.54) is 12.8 Å². The van der Waals surface area contributed by atoms with Crippen molar-refractivity contribution >= 4 is 23.2 Å². The maximum atomic E-state index is 12.1. The predicted molar refractivity (Wildman–Crippen MR) is 178 cm³/mol. The Hall–Kier alpha value is -5.26. The first kappa shape index (κ1) is 30.4. The third-order valence-electron chi connectivity index (χ3n) is 8.18. The zero-order valence-corrected chi connectivity index (χ0v) is 26.0. The highest BCUT2D eigenvalue weighted by Crippen LogP contribution is 2.25. The molecule has 2 fully saturated rings. The SMILES string of the molecule is FCCCOc1ccc(-c2cn3ccc(N4CCC4)nc3n2)cc1.FCCOc1ccc(-c2cn3ccc(N4CCC4)nc3n2)cc1. The van der Waals surface area contributed by atoms with E-state index in [1.807, 2.05) is 94.3 Å². The molecule has 6 heterocycles. The Labute approximate surface area is 271 Å². The zero-order chi connectivity index (χ0) is 32.0. The van der Waals surface area contributed by atoms with Crippen LogP contribution in [0, 0.1) is 0 Å². The van der Waals surface area contributed by atoms with Crippen LogP contribution in [-0.4, -0.2) is 81.5 Å². The number of rotatable bonds is 11. The lowest BCUT2D eigenvalue weighted by molar-refractivity contribution is 0.273. The van der Waals surface area contributed by atoms with Crippen LogP contribution >= 0.6 is 0 Å². The molecule has 0 N–H and O–H groups in total. The molecule has 0 aliphatic carbocycles. The molecular formula is C35H36F2N8O2. The van der Waals surface area contributed by atoms with Crippen LogP contribution in [0.4, 0.5) is 20.4 Å². The summed E-state index contributed by atoms with van der Waals surface area (Å²) in [5, 5.41) is 0. The minimum atomic E-state index is -0.487. The van der Waals surface area contributed by atoms with Crippen molar-refractivity contribution in [2.75, 3.05) is 62.5 Å². The maximum Gasteiger partial charge on any atom is 0.236 e. The Balaban J connectivity index is 0.000000150. The molecule has 2 aliphatic heterocycles. The van der Waals surface area contributed by atoms with E-state index in [9.17, 15) is 8.78 Å². The number of ether oxygens (including phenoxy) is 2. The number of alkyl halides is 2. The summed E-state index contributed by atoms with van der Waals surface area (Å²) in [7, 11) is 0. The van der Waals surface area contributed by atoms with Gasteiger partial charge in [-0.15, -0.1) is 0 Å². The normalized spacial score (nSPS) is 14.0. The molecule has 0 saturated carbocycles. The Bertz CT molecular complexity index is 1920. The maximum absolute atomic E-state index is 12.1. The number of hydrogen-bond donors (Lipinski definition) is 0. The largest absolute Gasteiger partial charge is 0.493 e. The molecule has 47 heavy (non-hydrogen) atoms. The zero-order valence-electron chi connectivity index (χ0n) is 26.0. The van der Waals surface area contributed by atoms with E-state index >= 15 is 0 Å². The van der Waals surface area contributed by atoms with Crippen molar-refractivity contribution in [3.8, 4) is 34.0 Å². The summed E-state index contributed by atoms with van der Waals surface area (Å²) in [5.41, 5.74) is 3.71. The van der Waals surface area contributed by atoms with Gasteiger partial charge >= 0.3 is 0 Å². The first-order valence-electron chi connectivity index (χ1n) is 16.0. The van der Waals surface area contributed by atoms with E-state index in [1.54, 1.807) is 0 Å². The van der Waals surface area contributed by atoms with Gasteiger partial charge in [0.15, 0.2) is 0 Å². The van der Waals surface area contributed by atoms with Gasteiger partial charge in [-0.2, -0.15) is 9.97 Å². The fraction of sp³-hybridized carbons (Fsp3) is 0.314. The van der Waals surface area contributed by atoms with Crippen LogP contribution < -0.4 is 19.3 Å². The quantitative estimate of drug-likeness (QED) is 0.153. The molecule has 8 rings (SSSR count). The highest BCUT2D eigenvalue weighted by Gasteiger charge is 2.18. The highest BCUT2D eigenvalue weighted by atomic mass is 19.1. The number of nitrogens with zero attached hydrogens (tertiary/aromatic N) is 8. The molecule has 2 aromatic carbocycles. The van der Waals surface area contributed by atoms with Gasteiger partial charge in [0.05, 0.1) is 24.7 Å². The monoisotopic (exact) mass is 638 g/mol. The van der Waals surface area contributed by atoms with Gasteiger partial charge in [-0.3, -0.25) is 13.2 Å². The van der Waals surface area contributed by atoms with E-state index in [-0.39, 0.29) is 13.3 Å². The van der Waals surface area contributed by atoms with Gasteiger partial charge < -0.3 is 19.3 Å². The number of aromatic nitrogens is 6. The third-order valence-corrected chi connectivity index (χ3v) is 8.18. The van der Waals surface area contributed by atoms with Crippen LogP contribution in [0.5, 0.6) is 11.5 Å². The van der Waals surface area contributed by atoms with Crippen LogP contribution in [0.2, 0.25) is 0 Å². The Morgan fingerprint density at radius 3 is 1.43 bits per heavy atom. The fourth-order valence-corrected chi connectivity index (χ4v) is 5.29. The van der Waals surface area contributed by atoms with Gasteiger partial charge in [-0.05, 0) is 73.5 Å². The van der Waals surface area contributed by atoms with Crippen molar-refractivity contribution < 1.29 is 18.3 Å². The molecule has 2 saturated heterocycles. The summed E-state index contributed by atoms with van der Waals surface area (Å²) in [6, 6.07) is 19.2. The van der Waals surface area contributed by atoms with Crippen LogP contribution in [0.3, 0.4) is 0 Å². The van der Waals surface area contributed by atoms with Gasteiger partial charge in [-0.25, -0.2) is 14.4 Å². The second kappa shape index (κ2) is 14.0. The van der Waals surface area contributed by atoms with Crippen molar-refractivity contribution in [3.05, 3.63) is 85.5 Å². The van der Waals surface area contributed by atoms with Crippen molar-refractivity contribution in [2.45, 2.75) is 19.3 Å². The molecule has 4 aromatic heterocycles. The lowest BCUT2D eigenvalue weighted by atomic mass is 10.2. The van der Waals surface area contributed by atoms with Crippen molar-refractivity contribution in [3.63, 3.8) is 0 Å². The summed E-state index contributed by atoms with van der Waals surface area (Å²) >= 11 is 0. The first-order valence-corrected chi connectivity index (χ1v) is 16.0. The number of anilines is 2. The Kier molecular flexibility index (Phi) is 9.07. The summed E-state index contributed by atoms with van der Waals surface area (Å²) < 4.78 is 38.8. The average Bonchev–Trinajstić information content (AvgIpc) is 3.67. The second-order valence-corrected chi connectivity index (χ2v) is 11.4. The van der Waals surface area contributed by atoms with Crippen LogP contribution in [0.1, 0.15) is 19.3 Å². The molecule has 6 aromatic rings. The summed E-state index contributed by atoms with van der Waals surface area (Å²) in [5.74, 6) is 4.78. The van der Waals surface area contributed by atoms with Crippen LogP contribution in [-0.2, 0) is 0 Å². The van der Waals surface area contributed by atoms with E-state index in [0.717, 1.165) is 66.1 Å². The topological polar surface area (TPSA) is 85.3 Å². The second-order valence-electron chi connectivity index (χ2n) is 11.4. The van der Waals surface area contributed by atoms with Gasteiger partial charge in [0, 0.05) is 68.5 Å². The average molecular weight is 639 g/mol. The first-order chi connectivity index (χ1) is 23.2. The lowest BCUT2D eigenvalue weighted by Crippen LogP contribution is -2.37. The van der Waals surface area contributed by atoms with Crippen molar-refractivity contribution in [1.82, 2.24) is 28.7 Å². The van der Waals surface area contributed by atoms with Gasteiger partial charge in [0.2, 0.25) is 11.6 Å². The number of halogens is 2. The number of hydrogen-bond acceptors (Lipinski definition) is 8. The fourth-order valence-electron chi connectivity index (χ4n) is 5.29. The lowest BCUT2D eigenvalue weighted by Gasteiger charge is -2.31. The van der Waals surface area contributed by atoms with E-state index < -0.39 is 6.67 Å². The van der Waals surface area contributed by atoms with Gasteiger partial charge in [-0.1, -0.05) is 0 Å². The summed E-state index contributed by atoms with van der Waals surface area (Å²) in [6.07, 6.45) is 10.8.